The van der Waals surface area contributed by atoms with Crippen molar-refractivity contribution in [2.24, 2.45) is 4.99 Å². The van der Waals surface area contributed by atoms with Gasteiger partial charge in [-0.3, -0.25) is 4.79 Å². The number of aliphatic imine (C=N–C) groups is 1. The van der Waals surface area contributed by atoms with E-state index >= 15 is 0 Å². The molecule has 8 heteroatoms. The van der Waals surface area contributed by atoms with Gasteiger partial charge in [-0.1, -0.05) is 48.0 Å². The number of amides is 1. The first kappa shape index (κ1) is 22.9. The van der Waals surface area contributed by atoms with Gasteiger partial charge in [0, 0.05) is 10.6 Å². The van der Waals surface area contributed by atoms with Gasteiger partial charge in [0.25, 0.3) is 5.91 Å². The summed E-state index contributed by atoms with van der Waals surface area (Å²) in [6.07, 6.45) is 1.73. The number of thioether (sulfide) groups is 1. The summed E-state index contributed by atoms with van der Waals surface area (Å²) in [6.45, 7) is 2.64. The van der Waals surface area contributed by atoms with Crippen molar-refractivity contribution in [3.8, 4) is 11.5 Å². The smallest absolute Gasteiger partial charge is 0.264 e. The normalized spacial score (nSPS) is 15.7. The van der Waals surface area contributed by atoms with Crippen molar-refractivity contribution in [1.82, 2.24) is 5.32 Å². The number of hydrogen-bond acceptors (Lipinski definition) is 5. The van der Waals surface area contributed by atoms with Crippen LogP contribution in [0.25, 0.3) is 6.08 Å². The Morgan fingerprint density at radius 1 is 1.06 bits per heavy atom. The van der Waals surface area contributed by atoms with Crippen molar-refractivity contribution in [2.75, 3.05) is 6.61 Å². The van der Waals surface area contributed by atoms with Crippen LogP contribution in [0.2, 0.25) is 5.02 Å². The van der Waals surface area contributed by atoms with Crippen LogP contribution in [0, 0.1) is 5.82 Å². The van der Waals surface area contributed by atoms with Crippen molar-refractivity contribution in [3.05, 3.63) is 93.6 Å². The highest BCUT2D eigenvalue weighted by atomic mass is 35.5. The average molecular weight is 483 g/mol. The molecule has 0 radical (unpaired) electrons. The Morgan fingerprint density at radius 2 is 1.85 bits per heavy atom. The van der Waals surface area contributed by atoms with E-state index < -0.39 is 5.82 Å². The van der Waals surface area contributed by atoms with E-state index in [0.717, 1.165) is 22.9 Å². The highest BCUT2D eigenvalue weighted by molar-refractivity contribution is 8.18. The Morgan fingerprint density at radius 3 is 2.64 bits per heavy atom. The molecule has 0 unspecified atom stereocenters. The van der Waals surface area contributed by atoms with Gasteiger partial charge in [0.15, 0.2) is 16.7 Å². The molecule has 1 aliphatic heterocycles. The number of carbonyl (C=O) groups is 1. The lowest BCUT2D eigenvalue weighted by molar-refractivity contribution is -0.115. The van der Waals surface area contributed by atoms with Gasteiger partial charge in [-0.15, -0.1) is 0 Å². The highest BCUT2D eigenvalue weighted by Gasteiger charge is 2.24. The third-order valence-corrected chi connectivity index (χ3v) is 5.91. The number of nitrogens with one attached hydrogen (secondary N) is 1. The number of ether oxygens (including phenoxy) is 2. The fourth-order valence-electron chi connectivity index (χ4n) is 3.06. The van der Waals surface area contributed by atoms with E-state index in [9.17, 15) is 9.18 Å². The van der Waals surface area contributed by atoms with Crippen LogP contribution in [0.15, 0.2) is 76.6 Å². The molecule has 5 nitrogen and oxygen atoms in total. The third-order valence-electron chi connectivity index (χ3n) is 4.63. The van der Waals surface area contributed by atoms with Gasteiger partial charge >= 0.3 is 0 Å². The largest absolute Gasteiger partial charge is 0.490 e. The summed E-state index contributed by atoms with van der Waals surface area (Å²) in [7, 11) is 0. The Kier molecular flexibility index (Phi) is 7.32. The lowest BCUT2D eigenvalue weighted by Gasteiger charge is -2.13. The molecular weight excluding hydrogens is 463 g/mol. The molecule has 3 aromatic carbocycles. The van der Waals surface area contributed by atoms with Crippen LogP contribution in [0.5, 0.6) is 11.5 Å². The minimum Gasteiger partial charge on any atom is -0.490 e. The van der Waals surface area contributed by atoms with Gasteiger partial charge in [0.05, 0.1) is 11.5 Å². The fraction of sp³-hybridized carbons (Fsp3) is 0.120. The Labute approximate surface area is 200 Å². The maximum atomic E-state index is 13.9. The summed E-state index contributed by atoms with van der Waals surface area (Å²) in [5.74, 6) is 0.380. The summed E-state index contributed by atoms with van der Waals surface area (Å²) in [6, 6.07) is 19.0. The van der Waals surface area contributed by atoms with Crippen LogP contribution in [0.4, 0.5) is 10.1 Å². The summed E-state index contributed by atoms with van der Waals surface area (Å²) in [5, 5.41) is 3.62. The van der Waals surface area contributed by atoms with Crippen molar-refractivity contribution in [3.63, 3.8) is 0 Å². The number of halogens is 2. The summed E-state index contributed by atoms with van der Waals surface area (Å²) < 4.78 is 25.5. The van der Waals surface area contributed by atoms with E-state index in [1.807, 2.05) is 37.3 Å². The lowest BCUT2D eigenvalue weighted by Crippen LogP contribution is -2.19. The first-order chi connectivity index (χ1) is 16.0. The van der Waals surface area contributed by atoms with Gasteiger partial charge < -0.3 is 14.8 Å². The van der Waals surface area contributed by atoms with Crippen LogP contribution >= 0.6 is 23.4 Å². The molecule has 0 aliphatic carbocycles. The van der Waals surface area contributed by atoms with Gasteiger partial charge in [-0.25, -0.2) is 9.38 Å². The van der Waals surface area contributed by atoms with Crippen molar-refractivity contribution >= 4 is 46.2 Å². The SMILES string of the molecule is CCOc1cc(C=C2SC(=Nc3ccccc3F)NC2=O)ccc1OCc1ccccc1Cl. The van der Waals surface area contributed by atoms with Crippen LogP contribution in [0.1, 0.15) is 18.1 Å². The molecule has 1 amide bonds. The Balaban J connectivity index is 1.53. The summed E-state index contributed by atoms with van der Waals surface area (Å²) >= 11 is 7.35. The average Bonchev–Trinajstić information content (AvgIpc) is 3.14. The highest BCUT2D eigenvalue weighted by Crippen LogP contribution is 2.33. The minimum atomic E-state index is -0.453. The predicted molar refractivity (Wildman–Crippen MR) is 131 cm³/mol. The first-order valence-corrected chi connectivity index (χ1v) is 11.4. The third kappa shape index (κ3) is 5.74. The van der Waals surface area contributed by atoms with Gasteiger partial charge in [0.2, 0.25) is 0 Å². The predicted octanol–water partition coefficient (Wildman–Crippen LogP) is 6.35. The summed E-state index contributed by atoms with van der Waals surface area (Å²) in [4.78, 5) is 17.0. The standard InChI is InChI=1S/C25H20ClFN2O3S/c1-2-31-22-13-16(11-12-21(22)32-15-17-7-3-4-8-18(17)26)14-23-24(30)29-25(33-23)28-20-10-6-5-9-19(20)27/h3-14H,2,15H2,1H3,(H,28,29,30). The molecule has 0 saturated carbocycles. The molecule has 3 aromatic rings. The molecule has 1 heterocycles. The number of para-hydroxylation sites is 1. The number of rotatable bonds is 7. The van der Waals surface area contributed by atoms with Gasteiger partial charge in [-0.05, 0) is 60.7 Å². The molecule has 168 valence electrons. The van der Waals surface area contributed by atoms with E-state index in [1.54, 1.807) is 36.4 Å². The minimum absolute atomic E-state index is 0.167. The topological polar surface area (TPSA) is 59.9 Å². The van der Waals surface area contributed by atoms with Crippen molar-refractivity contribution in [1.29, 1.82) is 0 Å². The second kappa shape index (κ2) is 10.6. The number of carbonyl (C=O) groups excluding carboxylic acids is 1. The fourth-order valence-corrected chi connectivity index (χ4v) is 4.08. The van der Waals surface area contributed by atoms with E-state index in [-0.39, 0.29) is 11.6 Å². The number of nitrogens with zero attached hydrogens (tertiary/aromatic N) is 1. The van der Waals surface area contributed by atoms with Gasteiger partial charge in [0.1, 0.15) is 18.1 Å². The molecule has 1 fully saturated rings. The zero-order valence-electron chi connectivity index (χ0n) is 17.7. The molecule has 0 spiro atoms. The maximum Gasteiger partial charge on any atom is 0.264 e. The molecule has 1 aliphatic rings. The zero-order valence-corrected chi connectivity index (χ0v) is 19.3. The van der Waals surface area contributed by atoms with Crippen LogP contribution in [-0.2, 0) is 11.4 Å². The second-order valence-electron chi connectivity index (χ2n) is 6.95. The van der Waals surface area contributed by atoms with Crippen LogP contribution < -0.4 is 14.8 Å². The number of benzene rings is 3. The van der Waals surface area contributed by atoms with Crippen molar-refractivity contribution in [2.45, 2.75) is 13.5 Å². The molecule has 1 saturated heterocycles. The monoisotopic (exact) mass is 482 g/mol. The zero-order chi connectivity index (χ0) is 23.2. The van der Waals surface area contributed by atoms with E-state index in [1.165, 1.54) is 6.07 Å². The molecule has 0 bridgehead atoms. The molecular formula is C25H20ClFN2O3S. The quantitative estimate of drug-likeness (QED) is 0.399. The molecule has 1 N–H and O–H groups in total. The maximum absolute atomic E-state index is 13.9. The Hall–Kier alpha value is -3.29. The van der Waals surface area contributed by atoms with E-state index in [2.05, 4.69) is 10.3 Å². The number of hydrogen-bond donors (Lipinski definition) is 1. The first-order valence-electron chi connectivity index (χ1n) is 10.2. The lowest BCUT2D eigenvalue weighted by atomic mass is 10.2. The van der Waals surface area contributed by atoms with Crippen molar-refractivity contribution < 1.29 is 18.7 Å². The van der Waals surface area contributed by atoms with Gasteiger partial charge in [-0.2, -0.15) is 0 Å². The van der Waals surface area contributed by atoms with Crippen LogP contribution in [0.3, 0.4) is 0 Å². The molecule has 4 rings (SSSR count). The molecule has 33 heavy (non-hydrogen) atoms. The summed E-state index contributed by atoms with van der Waals surface area (Å²) in [5.41, 5.74) is 1.79. The number of amidine groups is 1. The molecule has 0 aromatic heterocycles. The van der Waals surface area contributed by atoms with E-state index in [0.29, 0.717) is 39.8 Å². The van der Waals surface area contributed by atoms with Crippen LogP contribution in [-0.4, -0.2) is 17.7 Å². The molecule has 0 atom stereocenters. The second-order valence-corrected chi connectivity index (χ2v) is 8.39. The Bertz CT molecular complexity index is 1250. The van der Waals surface area contributed by atoms with E-state index in [4.69, 9.17) is 21.1 Å².